The van der Waals surface area contributed by atoms with E-state index in [9.17, 15) is 0 Å². The van der Waals surface area contributed by atoms with Crippen molar-refractivity contribution in [3.63, 3.8) is 0 Å². The predicted molar refractivity (Wildman–Crippen MR) is 160 cm³/mol. The lowest BCUT2D eigenvalue weighted by Gasteiger charge is -2.13. The predicted octanol–water partition coefficient (Wildman–Crippen LogP) is 9.94. The molecule has 2 heteroatoms. The fraction of sp³-hybridized carbons (Fsp3) is 0.0286. The number of aromatic nitrogens is 1. The highest BCUT2D eigenvalue weighted by Gasteiger charge is 2.22. The molecule has 6 aromatic carbocycles. The monoisotopic (exact) mass is 535 g/mol. The molecule has 0 saturated carbocycles. The molecule has 0 radical (unpaired) electrons. The summed E-state index contributed by atoms with van der Waals surface area (Å²) in [6, 6.07) is 44.3. The highest BCUT2D eigenvalue weighted by atomic mass is 79.9. The average molecular weight is 536 g/mol. The van der Waals surface area contributed by atoms with E-state index in [0.717, 1.165) is 6.42 Å². The van der Waals surface area contributed by atoms with Gasteiger partial charge in [-0.1, -0.05) is 101 Å². The van der Waals surface area contributed by atoms with E-state index in [1.54, 1.807) is 0 Å². The molecule has 8 rings (SSSR count). The Bertz CT molecular complexity index is 2010. The van der Waals surface area contributed by atoms with E-state index in [1.807, 2.05) is 0 Å². The summed E-state index contributed by atoms with van der Waals surface area (Å²) >= 11 is 3.82. The first-order valence-electron chi connectivity index (χ1n) is 12.7. The van der Waals surface area contributed by atoms with E-state index in [2.05, 4.69) is 142 Å². The minimum atomic E-state index is 0.992. The number of para-hydroxylation sites is 2. The molecule has 1 aromatic heterocycles. The number of benzene rings is 6. The molecule has 1 nitrogen and oxygen atoms in total. The maximum atomic E-state index is 3.82. The molecule has 37 heavy (non-hydrogen) atoms. The number of rotatable bonds is 2. The van der Waals surface area contributed by atoms with Crippen molar-refractivity contribution < 1.29 is 0 Å². The quantitative estimate of drug-likeness (QED) is 0.207. The van der Waals surface area contributed by atoms with Gasteiger partial charge in [-0.15, -0.1) is 0 Å². The van der Waals surface area contributed by atoms with Crippen molar-refractivity contribution >= 4 is 48.5 Å². The van der Waals surface area contributed by atoms with E-state index in [0.29, 0.717) is 0 Å². The lowest BCUT2D eigenvalue weighted by molar-refractivity contribution is 1.18. The molecule has 0 saturated heterocycles. The number of fused-ring (bicyclic) bond motifs is 8. The number of nitrogens with zero attached hydrogens (tertiary/aromatic N) is 1. The minimum absolute atomic E-state index is 0.992. The topological polar surface area (TPSA) is 4.93 Å². The van der Waals surface area contributed by atoms with E-state index in [4.69, 9.17) is 0 Å². The zero-order valence-corrected chi connectivity index (χ0v) is 21.7. The maximum Gasteiger partial charge on any atom is 0.0553 e. The number of halogens is 1. The van der Waals surface area contributed by atoms with Gasteiger partial charge in [0.15, 0.2) is 0 Å². The normalized spacial score (nSPS) is 12.4. The van der Waals surface area contributed by atoms with Crippen molar-refractivity contribution in [1.82, 2.24) is 4.57 Å². The molecule has 0 atom stereocenters. The lowest BCUT2D eigenvalue weighted by Crippen LogP contribution is -1.94. The van der Waals surface area contributed by atoms with Crippen LogP contribution in [0.4, 0.5) is 0 Å². The summed E-state index contributed by atoms with van der Waals surface area (Å²) in [6.45, 7) is 0. The fourth-order valence-electron chi connectivity index (χ4n) is 6.28. The maximum absolute atomic E-state index is 3.82. The van der Waals surface area contributed by atoms with Crippen LogP contribution in [0.3, 0.4) is 0 Å². The smallest absolute Gasteiger partial charge is 0.0553 e. The highest BCUT2D eigenvalue weighted by molar-refractivity contribution is 9.10. The van der Waals surface area contributed by atoms with Gasteiger partial charge < -0.3 is 4.57 Å². The van der Waals surface area contributed by atoms with Crippen molar-refractivity contribution in [3.8, 4) is 27.9 Å². The molecule has 1 aliphatic rings. The van der Waals surface area contributed by atoms with Crippen molar-refractivity contribution in [2.24, 2.45) is 0 Å². The van der Waals surface area contributed by atoms with Gasteiger partial charge in [-0.25, -0.2) is 0 Å². The summed E-state index contributed by atoms with van der Waals surface area (Å²) in [7, 11) is 0. The molecule has 174 valence electrons. The van der Waals surface area contributed by atoms with Crippen LogP contribution in [0.5, 0.6) is 0 Å². The summed E-state index contributed by atoms with van der Waals surface area (Å²) < 4.78 is 3.59. The van der Waals surface area contributed by atoms with Crippen LogP contribution < -0.4 is 0 Å². The van der Waals surface area contributed by atoms with Gasteiger partial charge in [-0.2, -0.15) is 0 Å². The largest absolute Gasteiger partial charge is 0.309 e. The lowest BCUT2D eigenvalue weighted by atomic mass is 9.92. The molecule has 7 aromatic rings. The van der Waals surface area contributed by atoms with Crippen LogP contribution in [0, 0.1) is 0 Å². The van der Waals surface area contributed by atoms with E-state index >= 15 is 0 Å². The zero-order valence-electron chi connectivity index (χ0n) is 20.1. The van der Waals surface area contributed by atoms with Crippen LogP contribution in [0.2, 0.25) is 0 Å². The van der Waals surface area contributed by atoms with Crippen molar-refractivity contribution in [3.05, 3.63) is 137 Å². The Morgan fingerprint density at radius 3 is 2.16 bits per heavy atom. The summed E-state index contributed by atoms with van der Waals surface area (Å²) in [4.78, 5) is 0. The molecule has 0 spiro atoms. The van der Waals surface area contributed by atoms with Gasteiger partial charge in [0.05, 0.1) is 11.0 Å². The van der Waals surface area contributed by atoms with Crippen LogP contribution in [0.1, 0.15) is 11.1 Å². The third-order valence-corrected chi connectivity index (χ3v) is 8.53. The second kappa shape index (κ2) is 7.93. The van der Waals surface area contributed by atoms with Gasteiger partial charge in [-0.05, 0) is 87.0 Å². The Balaban J connectivity index is 1.49. The van der Waals surface area contributed by atoms with Gasteiger partial charge in [-0.3, -0.25) is 0 Å². The third-order valence-electron chi connectivity index (χ3n) is 7.86. The summed E-state index contributed by atoms with van der Waals surface area (Å²) in [5, 5.41) is 5.18. The van der Waals surface area contributed by atoms with Crippen molar-refractivity contribution in [2.45, 2.75) is 6.42 Å². The average Bonchev–Trinajstić information content (AvgIpc) is 3.49. The Labute approximate surface area is 223 Å². The van der Waals surface area contributed by atoms with Gasteiger partial charge >= 0.3 is 0 Å². The Morgan fingerprint density at radius 1 is 0.541 bits per heavy atom. The minimum Gasteiger partial charge on any atom is -0.309 e. The number of hydrogen-bond donors (Lipinski definition) is 0. The summed E-state index contributed by atoms with van der Waals surface area (Å²) in [6.07, 6.45) is 0.992. The molecule has 1 heterocycles. The standard InChI is InChI=1S/C35H22BrN/c36-31-15-8-9-24-19-22-17-18-23(20-30(22)34(24)31)29-21-33-35(27-13-5-4-12-26(27)29)28-14-6-7-16-32(28)37(33)25-10-2-1-3-11-25/h1-18,20-21H,19H2. The van der Waals surface area contributed by atoms with Crippen LogP contribution >= 0.6 is 15.9 Å². The SMILES string of the molecule is Brc1cccc2c1-c1cc(-c3cc4c(c5ccccc35)c3ccccc3n4-c3ccccc3)ccc1C2. The Hall–Kier alpha value is -4.14. The van der Waals surface area contributed by atoms with Crippen LogP contribution in [0.15, 0.2) is 126 Å². The Kier molecular flexibility index (Phi) is 4.50. The fourth-order valence-corrected chi connectivity index (χ4v) is 6.90. The second-order valence-electron chi connectivity index (χ2n) is 9.87. The van der Waals surface area contributed by atoms with Crippen LogP contribution in [-0.2, 0) is 6.42 Å². The van der Waals surface area contributed by atoms with Crippen LogP contribution in [-0.4, -0.2) is 4.57 Å². The first-order chi connectivity index (χ1) is 18.3. The Morgan fingerprint density at radius 2 is 1.30 bits per heavy atom. The third kappa shape index (κ3) is 3.03. The number of hydrogen-bond acceptors (Lipinski definition) is 0. The molecule has 0 bridgehead atoms. The molecular weight excluding hydrogens is 514 g/mol. The molecule has 0 N–H and O–H groups in total. The highest BCUT2D eigenvalue weighted by Crippen LogP contribution is 2.45. The van der Waals surface area contributed by atoms with Gasteiger partial charge in [0.25, 0.3) is 0 Å². The first kappa shape index (κ1) is 21.0. The molecular formula is C35H22BrN. The molecule has 0 fully saturated rings. The summed E-state index contributed by atoms with van der Waals surface area (Å²) in [5.41, 5.74) is 11.6. The van der Waals surface area contributed by atoms with E-state index < -0.39 is 0 Å². The zero-order chi connectivity index (χ0) is 24.5. The van der Waals surface area contributed by atoms with Gasteiger partial charge in [0.2, 0.25) is 0 Å². The van der Waals surface area contributed by atoms with Gasteiger partial charge in [0.1, 0.15) is 0 Å². The summed E-state index contributed by atoms with van der Waals surface area (Å²) in [5.74, 6) is 0. The van der Waals surface area contributed by atoms with Crippen molar-refractivity contribution in [1.29, 1.82) is 0 Å². The van der Waals surface area contributed by atoms with E-state index in [1.165, 1.54) is 76.1 Å². The molecule has 0 aliphatic heterocycles. The first-order valence-corrected chi connectivity index (χ1v) is 13.5. The van der Waals surface area contributed by atoms with Crippen LogP contribution in [0.25, 0.3) is 60.5 Å². The van der Waals surface area contributed by atoms with Gasteiger partial charge in [0, 0.05) is 20.9 Å². The second-order valence-corrected chi connectivity index (χ2v) is 10.7. The molecule has 1 aliphatic carbocycles. The molecule has 0 unspecified atom stereocenters. The molecule has 0 amide bonds. The van der Waals surface area contributed by atoms with E-state index in [-0.39, 0.29) is 0 Å². The van der Waals surface area contributed by atoms with Crippen molar-refractivity contribution in [2.75, 3.05) is 0 Å².